The third-order valence-electron chi connectivity index (χ3n) is 5.93. The quantitative estimate of drug-likeness (QED) is 0.562. The topological polar surface area (TPSA) is 111 Å². The number of aromatic nitrogens is 2. The van der Waals surface area contributed by atoms with Gasteiger partial charge in [0.2, 0.25) is 5.95 Å². The molecule has 8 nitrogen and oxygen atoms in total. The highest BCUT2D eigenvalue weighted by molar-refractivity contribution is 7.95. The summed E-state index contributed by atoms with van der Waals surface area (Å²) in [6.45, 7) is 3.83. The van der Waals surface area contributed by atoms with Crippen LogP contribution in [-0.2, 0) is 15.4 Å². The van der Waals surface area contributed by atoms with Crippen molar-refractivity contribution in [2.75, 3.05) is 21.5 Å². The van der Waals surface area contributed by atoms with Gasteiger partial charge in [-0.15, -0.1) is 0 Å². The third kappa shape index (κ3) is 3.76. The van der Waals surface area contributed by atoms with E-state index in [1.807, 2.05) is 12.1 Å². The van der Waals surface area contributed by atoms with Crippen LogP contribution in [0.25, 0.3) is 0 Å². The minimum atomic E-state index is -3.65. The van der Waals surface area contributed by atoms with Crippen LogP contribution in [0.1, 0.15) is 24.0 Å². The summed E-state index contributed by atoms with van der Waals surface area (Å²) in [5.74, 6) is -0.550. The van der Waals surface area contributed by atoms with Crippen molar-refractivity contribution in [3.05, 3.63) is 77.6 Å². The van der Waals surface area contributed by atoms with Crippen molar-refractivity contribution in [2.45, 2.75) is 18.3 Å². The number of nitrogens with one attached hydrogen (secondary N) is 2. The average molecular weight is 463 g/mol. The summed E-state index contributed by atoms with van der Waals surface area (Å²) in [6, 6.07) is 14.1. The zero-order valence-corrected chi connectivity index (χ0v) is 18.2. The smallest absolute Gasteiger partial charge is 0.256 e. The van der Waals surface area contributed by atoms with E-state index in [1.165, 1.54) is 4.31 Å². The van der Waals surface area contributed by atoms with Crippen LogP contribution in [0.15, 0.2) is 60.6 Å². The van der Waals surface area contributed by atoms with Crippen LogP contribution in [0.5, 0.6) is 0 Å². The van der Waals surface area contributed by atoms with Gasteiger partial charge in [-0.05, 0) is 54.8 Å². The Morgan fingerprint density at radius 1 is 1.15 bits per heavy atom. The Morgan fingerprint density at radius 2 is 1.88 bits per heavy atom. The van der Waals surface area contributed by atoms with E-state index in [9.17, 15) is 12.8 Å². The third-order valence-corrected chi connectivity index (χ3v) is 7.29. The fourth-order valence-corrected chi connectivity index (χ4v) is 5.05. The maximum Gasteiger partial charge on any atom is 0.256 e. The first kappa shape index (κ1) is 20.9. The fraction of sp³-hybridized carbons (Fsp3) is 0.174. The molecule has 1 fully saturated rings. The van der Waals surface area contributed by atoms with Gasteiger partial charge in [-0.1, -0.05) is 12.6 Å². The van der Waals surface area contributed by atoms with Gasteiger partial charge in [0.05, 0.1) is 23.5 Å². The number of nitriles is 1. The van der Waals surface area contributed by atoms with Gasteiger partial charge in [-0.3, -0.25) is 4.31 Å². The molecule has 1 aromatic heterocycles. The molecule has 5 rings (SSSR count). The monoisotopic (exact) mass is 462 g/mol. The number of benzene rings is 2. The molecule has 3 aromatic rings. The van der Waals surface area contributed by atoms with Crippen molar-refractivity contribution in [3.8, 4) is 6.07 Å². The maximum atomic E-state index is 14.4. The van der Waals surface area contributed by atoms with E-state index in [4.69, 9.17) is 5.26 Å². The first-order chi connectivity index (χ1) is 15.8. The van der Waals surface area contributed by atoms with E-state index in [2.05, 4.69) is 27.2 Å². The van der Waals surface area contributed by atoms with Gasteiger partial charge in [0.1, 0.15) is 0 Å². The number of nitrogens with zero attached hydrogens (tertiary/aromatic N) is 4. The lowest BCUT2D eigenvalue weighted by Crippen LogP contribution is -2.29. The number of hydrogen-bond donors (Lipinski definition) is 2. The van der Waals surface area contributed by atoms with Crippen LogP contribution >= 0.6 is 0 Å². The molecule has 2 aliphatic rings. The van der Waals surface area contributed by atoms with E-state index in [0.717, 1.165) is 30.0 Å². The van der Waals surface area contributed by atoms with Gasteiger partial charge in [0.25, 0.3) is 10.0 Å². The molecule has 0 radical (unpaired) electrons. The highest BCUT2D eigenvalue weighted by Gasteiger charge is 2.53. The van der Waals surface area contributed by atoms with Gasteiger partial charge >= 0.3 is 0 Å². The molecule has 0 atom stereocenters. The SMILES string of the molecule is C=CS(=O)(=O)N1CC2(CC2)c2ccc(Nc3nc(Nc4ccc(C#N)cc4)ncc3F)cc21. The van der Waals surface area contributed by atoms with Gasteiger partial charge in [0, 0.05) is 28.7 Å². The Hall–Kier alpha value is -3.97. The molecule has 0 saturated heterocycles. The Morgan fingerprint density at radius 3 is 2.55 bits per heavy atom. The van der Waals surface area contributed by atoms with Crippen LogP contribution in [-0.4, -0.2) is 24.9 Å². The van der Waals surface area contributed by atoms with Crippen LogP contribution in [0, 0.1) is 17.1 Å². The van der Waals surface area contributed by atoms with Crippen molar-refractivity contribution in [2.24, 2.45) is 0 Å². The zero-order chi connectivity index (χ0) is 23.2. The summed E-state index contributed by atoms with van der Waals surface area (Å²) in [5, 5.41) is 15.7. The molecule has 0 bridgehead atoms. The lowest BCUT2D eigenvalue weighted by Gasteiger charge is -2.18. The van der Waals surface area contributed by atoms with Crippen LogP contribution < -0.4 is 14.9 Å². The van der Waals surface area contributed by atoms with E-state index in [0.29, 0.717) is 29.2 Å². The molecule has 1 aliphatic heterocycles. The molecule has 10 heteroatoms. The standard InChI is InChI=1S/C23H19FN6O2S/c1-2-33(31,32)30-14-23(9-10-23)18-8-7-17(11-20(18)30)27-21-19(24)13-26-22(29-21)28-16-5-3-15(12-25)4-6-16/h2-8,11,13H,1,9-10,14H2,(H2,26,27,28,29). The Kier molecular flexibility index (Phi) is 4.79. The van der Waals surface area contributed by atoms with Crippen LogP contribution in [0.4, 0.5) is 33.2 Å². The number of anilines is 5. The van der Waals surface area contributed by atoms with Gasteiger partial charge in [0.15, 0.2) is 11.6 Å². The van der Waals surface area contributed by atoms with Crippen molar-refractivity contribution in [1.82, 2.24) is 9.97 Å². The Balaban J connectivity index is 1.43. The fourth-order valence-electron chi connectivity index (χ4n) is 4.01. The summed E-state index contributed by atoms with van der Waals surface area (Å²) in [7, 11) is -3.65. The molecule has 0 amide bonds. The summed E-state index contributed by atoms with van der Waals surface area (Å²) in [6.07, 6.45) is 2.91. The molecular weight excluding hydrogens is 443 g/mol. The lowest BCUT2D eigenvalue weighted by atomic mass is 9.98. The average Bonchev–Trinajstić information content (AvgIpc) is 3.53. The second-order valence-corrected chi connectivity index (χ2v) is 9.86. The predicted molar refractivity (Wildman–Crippen MR) is 124 cm³/mol. The first-order valence-electron chi connectivity index (χ1n) is 10.2. The van der Waals surface area contributed by atoms with Crippen molar-refractivity contribution < 1.29 is 12.8 Å². The second-order valence-electron chi connectivity index (χ2n) is 8.06. The highest BCUT2D eigenvalue weighted by Crippen LogP contribution is 2.57. The highest BCUT2D eigenvalue weighted by atomic mass is 32.2. The van der Waals surface area contributed by atoms with Crippen LogP contribution in [0.3, 0.4) is 0 Å². The molecule has 2 heterocycles. The summed E-state index contributed by atoms with van der Waals surface area (Å²) in [5.41, 5.74) is 3.07. The van der Waals surface area contributed by atoms with Gasteiger partial charge in [-0.2, -0.15) is 10.2 Å². The van der Waals surface area contributed by atoms with Crippen molar-refractivity contribution >= 4 is 38.9 Å². The van der Waals surface area contributed by atoms with E-state index < -0.39 is 15.8 Å². The Bertz CT molecular complexity index is 1410. The van der Waals surface area contributed by atoms with Crippen molar-refractivity contribution in [3.63, 3.8) is 0 Å². The number of sulfonamides is 1. The van der Waals surface area contributed by atoms with Gasteiger partial charge in [-0.25, -0.2) is 17.8 Å². The molecule has 0 unspecified atom stereocenters. The number of hydrogen-bond acceptors (Lipinski definition) is 7. The van der Waals surface area contributed by atoms with E-state index >= 15 is 0 Å². The molecule has 1 spiro atoms. The van der Waals surface area contributed by atoms with E-state index in [-0.39, 0.29) is 17.2 Å². The number of halogens is 1. The van der Waals surface area contributed by atoms with Crippen molar-refractivity contribution in [1.29, 1.82) is 5.26 Å². The molecule has 166 valence electrons. The largest absolute Gasteiger partial charge is 0.338 e. The van der Waals surface area contributed by atoms with Crippen LogP contribution in [0.2, 0.25) is 0 Å². The normalized spacial score (nSPS) is 15.6. The minimum Gasteiger partial charge on any atom is -0.338 e. The Labute approximate surface area is 190 Å². The molecular formula is C23H19FN6O2S. The zero-order valence-electron chi connectivity index (χ0n) is 17.4. The number of rotatable bonds is 6. The lowest BCUT2D eigenvalue weighted by molar-refractivity contribution is 0.597. The first-order valence-corrected chi connectivity index (χ1v) is 11.7. The summed E-state index contributed by atoms with van der Waals surface area (Å²) < 4.78 is 40.9. The van der Waals surface area contributed by atoms with E-state index in [1.54, 1.807) is 36.4 Å². The predicted octanol–water partition coefficient (Wildman–Crippen LogP) is 4.30. The summed E-state index contributed by atoms with van der Waals surface area (Å²) >= 11 is 0. The minimum absolute atomic E-state index is 0.0571. The molecule has 2 N–H and O–H groups in total. The molecule has 1 saturated carbocycles. The maximum absolute atomic E-state index is 14.4. The molecule has 2 aromatic carbocycles. The van der Waals surface area contributed by atoms with Gasteiger partial charge < -0.3 is 10.6 Å². The molecule has 1 aliphatic carbocycles. The molecule has 33 heavy (non-hydrogen) atoms. The second kappa shape index (κ2) is 7.56. The number of fused-ring (bicyclic) bond motifs is 2. The summed E-state index contributed by atoms with van der Waals surface area (Å²) in [4.78, 5) is 8.16.